The second-order valence-electron chi connectivity index (χ2n) is 6.54. The lowest BCUT2D eigenvalue weighted by atomic mass is 9.87. The summed E-state index contributed by atoms with van der Waals surface area (Å²) in [4.78, 5) is 4.71. The fourth-order valence-corrected chi connectivity index (χ4v) is 2.61. The predicted octanol–water partition coefficient (Wildman–Crippen LogP) is 4.12. The fourth-order valence-electron chi connectivity index (χ4n) is 2.61. The van der Waals surface area contributed by atoms with Gasteiger partial charge in [-0.05, 0) is 23.1 Å². The van der Waals surface area contributed by atoms with Crippen molar-refractivity contribution in [1.82, 2.24) is 9.55 Å². The standard InChI is InChI=1S/C18H21N3/c1-18(2,3)13-10-8-12(9-11-13)17-20-16-14(19)6-5-7-15(16)21(17)4/h5-11H,19H2,1-4H3. The Labute approximate surface area is 125 Å². The van der Waals surface area contributed by atoms with Crippen LogP contribution < -0.4 is 5.73 Å². The summed E-state index contributed by atoms with van der Waals surface area (Å²) >= 11 is 0. The van der Waals surface area contributed by atoms with Crippen LogP contribution in [0.2, 0.25) is 0 Å². The van der Waals surface area contributed by atoms with Crippen molar-refractivity contribution in [3.63, 3.8) is 0 Å². The molecule has 0 atom stereocenters. The van der Waals surface area contributed by atoms with Crippen LogP contribution in [-0.4, -0.2) is 9.55 Å². The van der Waals surface area contributed by atoms with E-state index < -0.39 is 0 Å². The number of imidazole rings is 1. The molecule has 0 saturated heterocycles. The second-order valence-corrected chi connectivity index (χ2v) is 6.54. The number of aromatic nitrogens is 2. The molecule has 3 heteroatoms. The van der Waals surface area contributed by atoms with Crippen LogP contribution in [0, 0.1) is 0 Å². The van der Waals surface area contributed by atoms with Crippen LogP contribution in [0.15, 0.2) is 42.5 Å². The molecule has 0 saturated carbocycles. The molecule has 0 bridgehead atoms. The van der Waals surface area contributed by atoms with Crippen molar-refractivity contribution in [3.05, 3.63) is 48.0 Å². The molecular formula is C18H21N3. The molecule has 21 heavy (non-hydrogen) atoms. The maximum absolute atomic E-state index is 6.02. The number of para-hydroxylation sites is 1. The number of aryl methyl sites for hydroxylation is 1. The van der Waals surface area contributed by atoms with Crippen molar-refractivity contribution in [1.29, 1.82) is 0 Å². The highest BCUT2D eigenvalue weighted by molar-refractivity contribution is 5.90. The molecule has 3 rings (SSSR count). The Bertz CT molecular complexity index is 790. The molecule has 1 aromatic heterocycles. The molecule has 0 spiro atoms. The molecule has 1 heterocycles. The zero-order valence-corrected chi connectivity index (χ0v) is 13.0. The largest absolute Gasteiger partial charge is 0.397 e. The first-order chi connectivity index (χ1) is 9.88. The highest BCUT2D eigenvalue weighted by atomic mass is 15.1. The summed E-state index contributed by atoms with van der Waals surface area (Å²) < 4.78 is 2.10. The smallest absolute Gasteiger partial charge is 0.140 e. The van der Waals surface area contributed by atoms with E-state index in [9.17, 15) is 0 Å². The van der Waals surface area contributed by atoms with E-state index in [2.05, 4.69) is 49.6 Å². The molecule has 0 radical (unpaired) electrons. The average Bonchev–Trinajstić information content (AvgIpc) is 2.77. The third kappa shape index (κ3) is 2.29. The Hall–Kier alpha value is -2.29. The molecule has 2 aromatic carbocycles. The number of fused-ring (bicyclic) bond motifs is 1. The molecule has 2 N–H and O–H groups in total. The lowest BCUT2D eigenvalue weighted by Gasteiger charge is -2.19. The Kier molecular flexibility index (Phi) is 3.01. The monoisotopic (exact) mass is 279 g/mol. The number of anilines is 1. The van der Waals surface area contributed by atoms with Gasteiger partial charge < -0.3 is 10.3 Å². The molecule has 0 aliphatic rings. The van der Waals surface area contributed by atoms with Gasteiger partial charge in [0.15, 0.2) is 0 Å². The van der Waals surface area contributed by atoms with Gasteiger partial charge in [-0.3, -0.25) is 0 Å². The van der Waals surface area contributed by atoms with Crippen molar-refractivity contribution in [3.8, 4) is 11.4 Å². The van der Waals surface area contributed by atoms with Crippen LogP contribution in [0.1, 0.15) is 26.3 Å². The van der Waals surface area contributed by atoms with Crippen molar-refractivity contribution in [2.45, 2.75) is 26.2 Å². The molecule has 3 aromatic rings. The van der Waals surface area contributed by atoms with E-state index in [-0.39, 0.29) is 5.41 Å². The van der Waals surface area contributed by atoms with E-state index >= 15 is 0 Å². The van der Waals surface area contributed by atoms with Crippen molar-refractivity contribution in [2.75, 3.05) is 5.73 Å². The van der Waals surface area contributed by atoms with E-state index in [1.165, 1.54) is 5.56 Å². The molecule has 108 valence electrons. The molecule has 0 unspecified atom stereocenters. The van der Waals surface area contributed by atoms with Gasteiger partial charge in [0.05, 0.1) is 11.2 Å². The quantitative estimate of drug-likeness (QED) is 0.681. The van der Waals surface area contributed by atoms with Crippen LogP contribution in [0.3, 0.4) is 0 Å². The first-order valence-corrected chi connectivity index (χ1v) is 7.20. The Morgan fingerprint density at radius 2 is 1.67 bits per heavy atom. The highest BCUT2D eigenvalue weighted by Gasteiger charge is 2.15. The lowest BCUT2D eigenvalue weighted by molar-refractivity contribution is 0.590. The molecule has 3 nitrogen and oxygen atoms in total. The van der Waals surface area contributed by atoms with Crippen LogP contribution in [0.25, 0.3) is 22.4 Å². The topological polar surface area (TPSA) is 43.8 Å². The van der Waals surface area contributed by atoms with Crippen molar-refractivity contribution >= 4 is 16.7 Å². The minimum Gasteiger partial charge on any atom is -0.397 e. The first kappa shape index (κ1) is 13.7. The van der Waals surface area contributed by atoms with E-state index in [1.54, 1.807) is 0 Å². The van der Waals surface area contributed by atoms with Gasteiger partial charge in [0.1, 0.15) is 11.3 Å². The van der Waals surface area contributed by atoms with Crippen LogP contribution >= 0.6 is 0 Å². The van der Waals surface area contributed by atoms with Gasteiger partial charge in [0.25, 0.3) is 0 Å². The summed E-state index contributed by atoms with van der Waals surface area (Å²) in [6.07, 6.45) is 0. The van der Waals surface area contributed by atoms with Gasteiger partial charge in [0.2, 0.25) is 0 Å². The van der Waals surface area contributed by atoms with Crippen LogP contribution in [0.5, 0.6) is 0 Å². The van der Waals surface area contributed by atoms with Gasteiger partial charge in [-0.15, -0.1) is 0 Å². The van der Waals surface area contributed by atoms with Crippen molar-refractivity contribution < 1.29 is 0 Å². The zero-order valence-electron chi connectivity index (χ0n) is 13.0. The minimum absolute atomic E-state index is 0.162. The zero-order chi connectivity index (χ0) is 15.2. The van der Waals surface area contributed by atoms with Gasteiger partial charge in [0, 0.05) is 12.6 Å². The Morgan fingerprint density at radius 1 is 1.00 bits per heavy atom. The van der Waals surface area contributed by atoms with E-state index in [0.29, 0.717) is 0 Å². The number of nitrogen functional groups attached to an aromatic ring is 1. The number of nitrogens with two attached hydrogens (primary N) is 1. The SMILES string of the molecule is Cn1c(-c2ccc(C(C)(C)C)cc2)nc2c(N)cccc21. The normalized spacial score (nSPS) is 12.0. The molecule has 0 aliphatic heterocycles. The number of rotatable bonds is 1. The minimum atomic E-state index is 0.162. The number of benzene rings is 2. The lowest BCUT2D eigenvalue weighted by Crippen LogP contribution is -2.10. The number of hydrogen-bond donors (Lipinski definition) is 1. The Morgan fingerprint density at radius 3 is 2.24 bits per heavy atom. The predicted molar refractivity (Wildman–Crippen MR) is 89.3 cm³/mol. The molecule has 0 amide bonds. The molecular weight excluding hydrogens is 258 g/mol. The second kappa shape index (κ2) is 4.62. The summed E-state index contributed by atoms with van der Waals surface area (Å²) in [6.45, 7) is 6.66. The summed E-state index contributed by atoms with van der Waals surface area (Å²) in [5.74, 6) is 0.948. The third-order valence-corrected chi connectivity index (χ3v) is 3.95. The maximum Gasteiger partial charge on any atom is 0.140 e. The van der Waals surface area contributed by atoms with Crippen LogP contribution in [0.4, 0.5) is 5.69 Å². The average molecular weight is 279 g/mol. The van der Waals surface area contributed by atoms with Gasteiger partial charge in [-0.1, -0.05) is 51.1 Å². The maximum atomic E-state index is 6.02. The van der Waals surface area contributed by atoms with Crippen LogP contribution in [-0.2, 0) is 12.5 Å². The van der Waals surface area contributed by atoms with Gasteiger partial charge in [-0.25, -0.2) is 4.98 Å². The third-order valence-electron chi connectivity index (χ3n) is 3.95. The summed E-state index contributed by atoms with van der Waals surface area (Å²) in [7, 11) is 2.03. The van der Waals surface area contributed by atoms with E-state index in [1.807, 2.05) is 25.2 Å². The van der Waals surface area contributed by atoms with Gasteiger partial charge >= 0.3 is 0 Å². The Balaban J connectivity index is 2.13. The molecule has 0 fully saturated rings. The summed E-state index contributed by atoms with van der Waals surface area (Å²) in [5, 5.41) is 0. The summed E-state index contributed by atoms with van der Waals surface area (Å²) in [5.41, 5.74) is 11.3. The number of nitrogens with zero attached hydrogens (tertiary/aromatic N) is 2. The highest BCUT2D eigenvalue weighted by Crippen LogP contribution is 2.29. The van der Waals surface area contributed by atoms with Gasteiger partial charge in [-0.2, -0.15) is 0 Å². The van der Waals surface area contributed by atoms with E-state index in [0.717, 1.165) is 28.1 Å². The van der Waals surface area contributed by atoms with E-state index in [4.69, 9.17) is 10.7 Å². The molecule has 0 aliphatic carbocycles. The summed E-state index contributed by atoms with van der Waals surface area (Å²) in [6, 6.07) is 14.5. The first-order valence-electron chi connectivity index (χ1n) is 7.20. The van der Waals surface area contributed by atoms with Crippen molar-refractivity contribution in [2.24, 2.45) is 7.05 Å². The number of hydrogen-bond acceptors (Lipinski definition) is 2. The fraction of sp³-hybridized carbons (Fsp3) is 0.278.